The van der Waals surface area contributed by atoms with Crippen molar-refractivity contribution in [2.45, 2.75) is 13.2 Å². The van der Waals surface area contributed by atoms with Gasteiger partial charge in [-0.25, -0.2) is 0 Å². The van der Waals surface area contributed by atoms with Gasteiger partial charge in [-0.3, -0.25) is 0 Å². The fraction of sp³-hybridized carbons (Fsp3) is 0.182. The normalized spacial score (nSPS) is 12.5. The number of anilines is 1. The summed E-state index contributed by atoms with van der Waals surface area (Å²) in [6.07, 6.45) is 0. The molecule has 0 saturated heterocycles. The van der Waals surface area contributed by atoms with Crippen LogP contribution in [0.3, 0.4) is 0 Å². The van der Waals surface area contributed by atoms with Crippen LogP contribution in [-0.4, -0.2) is 13.2 Å². The maximum Gasteiger partial charge on any atom is 0.163 e. The fourth-order valence-corrected chi connectivity index (χ4v) is 3.24. The number of ether oxygens (including phenoxy) is 3. The van der Waals surface area contributed by atoms with Gasteiger partial charge in [0.1, 0.15) is 25.6 Å². The topological polar surface area (TPSA) is 39.7 Å². The van der Waals surface area contributed by atoms with Crippen LogP contribution in [0.2, 0.25) is 10.0 Å². The maximum absolute atomic E-state index is 6.19. The SMILES string of the molecule is Clc1ccc(COc2ccc(Cl)cc2CNc2ccc3c(c2)OCCO3)cc1. The molecular formula is C22H19Cl2NO3. The first kappa shape index (κ1) is 18.8. The van der Waals surface area contributed by atoms with Crippen molar-refractivity contribution in [1.82, 2.24) is 0 Å². The van der Waals surface area contributed by atoms with E-state index in [4.69, 9.17) is 37.4 Å². The van der Waals surface area contributed by atoms with E-state index in [1.165, 1.54) is 0 Å². The van der Waals surface area contributed by atoms with Crippen molar-refractivity contribution in [3.05, 3.63) is 81.8 Å². The summed E-state index contributed by atoms with van der Waals surface area (Å²) in [5.74, 6) is 2.30. The summed E-state index contributed by atoms with van der Waals surface area (Å²) in [7, 11) is 0. The lowest BCUT2D eigenvalue weighted by Gasteiger charge is -2.19. The van der Waals surface area contributed by atoms with Crippen LogP contribution in [0.25, 0.3) is 0 Å². The summed E-state index contributed by atoms with van der Waals surface area (Å²) in [4.78, 5) is 0. The first-order chi connectivity index (χ1) is 13.7. The molecule has 0 unspecified atom stereocenters. The second kappa shape index (κ2) is 8.63. The van der Waals surface area contributed by atoms with E-state index in [2.05, 4.69) is 5.32 Å². The lowest BCUT2D eigenvalue weighted by molar-refractivity contribution is 0.171. The summed E-state index contributed by atoms with van der Waals surface area (Å²) < 4.78 is 17.2. The van der Waals surface area contributed by atoms with Gasteiger partial charge in [0, 0.05) is 33.9 Å². The van der Waals surface area contributed by atoms with E-state index in [1.54, 1.807) is 0 Å². The Balaban J connectivity index is 1.45. The summed E-state index contributed by atoms with van der Waals surface area (Å²) in [6.45, 7) is 2.16. The van der Waals surface area contributed by atoms with Crippen molar-refractivity contribution in [1.29, 1.82) is 0 Å². The molecule has 1 aliphatic rings. The molecule has 0 amide bonds. The Labute approximate surface area is 173 Å². The molecule has 28 heavy (non-hydrogen) atoms. The molecule has 3 aromatic carbocycles. The molecule has 0 fully saturated rings. The number of rotatable bonds is 6. The third-order valence-corrected chi connectivity index (χ3v) is 4.84. The van der Waals surface area contributed by atoms with Gasteiger partial charge >= 0.3 is 0 Å². The van der Waals surface area contributed by atoms with E-state index in [1.807, 2.05) is 60.7 Å². The molecule has 144 valence electrons. The Morgan fingerprint density at radius 3 is 2.39 bits per heavy atom. The number of halogens is 2. The van der Waals surface area contributed by atoms with Crippen LogP contribution in [-0.2, 0) is 13.2 Å². The Bertz CT molecular complexity index is 960. The first-order valence-corrected chi connectivity index (χ1v) is 9.72. The Hall–Kier alpha value is -2.56. The zero-order valence-corrected chi connectivity index (χ0v) is 16.6. The highest BCUT2D eigenvalue weighted by molar-refractivity contribution is 6.30. The van der Waals surface area contributed by atoms with Gasteiger partial charge < -0.3 is 19.5 Å². The van der Waals surface area contributed by atoms with Crippen LogP contribution in [0.4, 0.5) is 5.69 Å². The number of fused-ring (bicyclic) bond motifs is 1. The van der Waals surface area contributed by atoms with E-state index >= 15 is 0 Å². The van der Waals surface area contributed by atoms with Gasteiger partial charge in [0.05, 0.1) is 0 Å². The molecule has 4 nitrogen and oxygen atoms in total. The van der Waals surface area contributed by atoms with E-state index in [0.717, 1.165) is 34.1 Å². The van der Waals surface area contributed by atoms with Crippen molar-refractivity contribution in [3.8, 4) is 17.2 Å². The minimum absolute atomic E-state index is 0.454. The molecule has 0 atom stereocenters. The number of benzene rings is 3. The average Bonchev–Trinajstić information content (AvgIpc) is 2.72. The third kappa shape index (κ3) is 4.64. The Morgan fingerprint density at radius 1 is 0.821 bits per heavy atom. The van der Waals surface area contributed by atoms with E-state index in [9.17, 15) is 0 Å². The monoisotopic (exact) mass is 415 g/mol. The van der Waals surface area contributed by atoms with E-state index < -0.39 is 0 Å². The lowest BCUT2D eigenvalue weighted by atomic mass is 10.2. The fourth-order valence-electron chi connectivity index (χ4n) is 2.92. The highest BCUT2D eigenvalue weighted by Crippen LogP contribution is 2.33. The van der Waals surface area contributed by atoms with Crippen molar-refractivity contribution in [2.24, 2.45) is 0 Å². The van der Waals surface area contributed by atoms with Gasteiger partial charge in [-0.05, 0) is 48.0 Å². The maximum atomic E-state index is 6.19. The van der Waals surface area contributed by atoms with Gasteiger partial charge in [0.25, 0.3) is 0 Å². The molecule has 1 aliphatic heterocycles. The molecule has 0 bridgehead atoms. The quantitative estimate of drug-likeness (QED) is 0.539. The van der Waals surface area contributed by atoms with Crippen LogP contribution >= 0.6 is 23.2 Å². The Kier molecular flexibility index (Phi) is 5.79. The summed E-state index contributed by atoms with van der Waals surface area (Å²) in [6, 6.07) is 19.0. The van der Waals surface area contributed by atoms with Crippen LogP contribution < -0.4 is 19.5 Å². The van der Waals surface area contributed by atoms with E-state index in [0.29, 0.717) is 36.4 Å². The van der Waals surface area contributed by atoms with Crippen molar-refractivity contribution in [2.75, 3.05) is 18.5 Å². The molecule has 0 spiro atoms. The zero-order chi connectivity index (χ0) is 19.3. The van der Waals surface area contributed by atoms with Crippen LogP contribution in [0, 0.1) is 0 Å². The highest BCUT2D eigenvalue weighted by atomic mass is 35.5. The van der Waals surface area contributed by atoms with Crippen molar-refractivity contribution in [3.63, 3.8) is 0 Å². The van der Waals surface area contributed by atoms with Crippen molar-refractivity contribution >= 4 is 28.9 Å². The minimum Gasteiger partial charge on any atom is -0.489 e. The van der Waals surface area contributed by atoms with Gasteiger partial charge in [-0.15, -0.1) is 0 Å². The molecule has 1 N–H and O–H groups in total. The van der Waals surface area contributed by atoms with Crippen molar-refractivity contribution < 1.29 is 14.2 Å². The van der Waals surface area contributed by atoms with Gasteiger partial charge in [-0.1, -0.05) is 35.3 Å². The van der Waals surface area contributed by atoms with Crippen LogP contribution in [0.15, 0.2) is 60.7 Å². The lowest BCUT2D eigenvalue weighted by Crippen LogP contribution is -2.15. The van der Waals surface area contributed by atoms with Crippen LogP contribution in [0.5, 0.6) is 17.2 Å². The molecule has 3 aromatic rings. The molecule has 0 radical (unpaired) electrons. The number of hydrogen-bond acceptors (Lipinski definition) is 4. The third-order valence-electron chi connectivity index (χ3n) is 4.36. The summed E-state index contributed by atoms with van der Waals surface area (Å²) in [5, 5.41) is 4.77. The molecular weight excluding hydrogens is 397 g/mol. The predicted molar refractivity (Wildman–Crippen MR) is 112 cm³/mol. The highest BCUT2D eigenvalue weighted by Gasteiger charge is 2.12. The molecule has 0 aliphatic carbocycles. The minimum atomic E-state index is 0.454. The smallest absolute Gasteiger partial charge is 0.163 e. The second-order valence-electron chi connectivity index (χ2n) is 6.38. The molecule has 6 heteroatoms. The summed E-state index contributed by atoms with van der Waals surface area (Å²) in [5.41, 5.74) is 2.95. The van der Waals surface area contributed by atoms with Crippen LogP contribution in [0.1, 0.15) is 11.1 Å². The van der Waals surface area contributed by atoms with E-state index in [-0.39, 0.29) is 0 Å². The largest absolute Gasteiger partial charge is 0.489 e. The molecule has 4 rings (SSSR count). The molecule has 1 heterocycles. The number of hydrogen-bond donors (Lipinski definition) is 1. The first-order valence-electron chi connectivity index (χ1n) is 8.96. The van der Waals surface area contributed by atoms with Gasteiger partial charge in [0.2, 0.25) is 0 Å². The summed E-state index contributed by atoms with van der Waals surface area (Å²) >= 11 is 12.1. The standard InChI is InChI=1S/C22H19Cl2NO3/c23-17-3-1-15(2-4-17)14-28-20-7-5-18(24)11-16(20)13-25-19-6-8-21-22(12-19)27-10-9-26-21/h1-8,11-12,25H,9-10,13-14H2. The number of nitrogens with one attached hydrogen (secondary N) is 1. The predicted octanol–water partition coefficient (Wildman–Crippen LogP) is 5.96. The second-order valence-corrected chi connectivity index (χ2v) is 7.25. The van der Waals surface area contributed by atoms with Gasteiger partial charge in [-0.2, -0.15) is 0 Å². The Morgan fingerprint density at radius 2 is 1.57 bits per heavy atom. The zero-order valence-electron chi connectivity index (χ0n) is 15.1. The van der Waals surface area contributed by atoms with Gasteiger partial charge in [0.15, 0.2) is 11.5 Å². The molecule has 0 aromatic heterocycles. The average molecular weight is 416 g/mol. The molecule has 0 saturated carbocycles.